The van der Waals surface area contributed by atoms with E-state index < -0.39 is 0 Å². The van der Waals surface area contributed by atoms with E-state index in [1.54, 1.807) is 11.8 Å². The minimum Gasteiger partial charge on any atom is -0.355 e. The molecule has 1 aliphatic heterocycles. The summed E-state index contributed by atoms with van der Waals surface area (Å²) >= 11 is 1.76. The Hall–Kier alpha value is -1.04. The summed E-state index contributed by atoms with van der Waals surface area (Å²) in [4.78, 5) is 16.6. The number of nitrogens with one attached hydrogen (secondary N) is 2. The second kappa shape index (κ2) is 8.88. The van der Waals surface area contributed by atoms with E-state index in [9.17, 15) is 4.79 Å². The first kappa shape index (κ1) is 17.8. The van der Waals surface area contributed by atoms with Crippen molar-refractivity contribution >= 4 is 17.7 Å². The fourth-order valence-corrected chi connectivity index (χ4v) is 5.04. The molecule has 2 fully saturated rings. The molecule has 1 amide bonds. The Labute approximate surface area is 149 Å². The molecule has 5 heteroatoms. The second-order valence-corrected chi connectivity index (χ2v) is 8.27. The zero-order valence-electron chi connectivity index (χ0n) is 14.4. The van der Waals surface area contributed by atoms with Gasteiger partial charge in [-0.15, -0.1) is 11.8 Å². The highest BCUT2D eigenvalue weighted by atomic mass is 32.2. The molecule has 1 aromatic carbocycles. The Morgan fingerprint density at radius 2 is 1.88 bits per heavy atom. The van der Waals surface area contributed by atoms with E-state index in [-0.39, 0.29) is 10.7 Å². The first-order chi connectivity index (χ1) is 11.8. The summed E-state index contributed by atoms with van der Waals surface area (Å²) in [7, 11) is 0. The van der Waals surface area contributed by atoms with E-state index in [0.717, 1.165) is 71.4 Å². The zero-order valence-corrected chi connectivity index (χ0v) is 15.2. The molecule has 2 N–H and O–H groups in total. The summed E-state index contributed by atoms with van der Waals surface area (Å²) < 4.78 is -0.254. The third-order valence-electron chi connectivity index (χ3n) is 5.03. The Morgan fingerprint density at radius 3 is 2.58 bits per heavy atom. The fraction of sp³-hybridized carbons (Fsp3) is 0.632. The van der Waals surface area contributed by atoms with Crippen LogP contribution in [0.1, 0.15) is 32.1 Å². The van der Waals surface area contributed by atoms with Gasteiger partial charge >= 0.3 is 0 Å². The number of carbonyl (C=O) groups is 1. The molecule has 132 valence electrons. The molecular formula is C19H29N3OS. The van der Waals surface area contributed by atoms with Crippen LogP contribution < -0.4 is 10.6 Å². The molecule has 1 heterocycles. The lowest BCUT2D eigenvalue weighted by atomic mass is 10.1. The maximum Gasteiger partial charge on any atom is 0.236 e. The lowest BCUT2D eigenvalue weighted by Crippen LogP contribution is -2.45. The zero-order chi connectivity index (χ0) is 16.7. The van der Waals surface area contributed by atoms with Crippen molar-refractivity contribution in [2.75, 3.05) is 39.3 Å². The Morgan fingerprint density at radius 1 is 1.17 bits per heavy atom. The molecule has 3 rings (SSSR count). The average Bonchev–Trinajstić information content (AvgIpc) is 3.10. The number of hydrogen-bond acceptors (Lipinski definition) is 4. The van der Waals surface area contributed by atoms with Crippen molar-refractivity contribution in [2.24, 2.45) is 0 Å². The molecule has 2 aliphatic rings. The van der Waals surface area contributed by atoms with Gasteiger partial charge in [0.2, 0.25) is 5.91 Å². The predicted octanol–water partition coefficient (Wildman–Crippen LogP) is 2.50. The van der Waals surface area contributed by atoms with Gasteiger partial charge in [-0.1, -0.05) is 31.0 Å². The van der Waals surface area contributed by atoms with Gasteiger partial charge in [0.15, 0.2) is 0 Å². The van der Waals surface area contributed by atoms with Gasteiger partial charge in [-0.2, -0.15) is 0 Å². The highest BCUT2D eigenvalue weighted by molar-refractivity contribution is 8.01. The standard InChI is InChI=1S/C19H29N3OS/c23-18(21-11-6-14-22-15-12-20-13-16-22)19(9-4-5-10-19)24-17-7-2-1-3-8-17/h1-3,7-8,20H,4-6,9-16H2,(H,21,23). The van der Waals surface area contributed by atoms with Crippen molar-refractivity contribution in [2.45, 2.75) is 41.7 Å². The van der Waals surface area contributed by atoms with Crippen LogP contribution in [-0.2, 0) is 4.79 Å². The summed E-state index contributed by atoms with van der Waals surface area (Å²) in [5.41, 5.74) is 0. The molecule has 0 unspecified atom stereocenters. The minimum absolute atomic E-state index is 0.245. The lowest BCUT2D eigenvalue weighted by molar-refractivity contribution is -0.123. The Bertz CT molecular complexity index is 511. The summed E-state index contributed by atoms with van der Waals surface area (Å²) in [6, 6.07) is 10.4. The van der Waals surface area contributed by atoms with Crippen molar-refractivity contribution in [3.63, 3.8) is 0 Å². The van der Waals surface area contributed by atoms with Gasteiger partial charge in [-0.25, -0.2) is 0 Å². The summed E-state index contributed by atoms with van der Waals surface area (Å²) in [6.45, 7) is 6.30. The van der Waals surface area contributed by atoms with Crippen LogP contribution in [0.15, 0.2) is 35.2 Å². The van der Waals surface area contributed by atoms with Crippen LogP contribution in [0.5, 0.6) is 0 Å². The van der Waals surface area contributed by atoms with Crippen molar-refractivity contribution in [3.05, 3.63) is 30.3 Å². The molecule has 0 bridgehead atoms. The molecule has 0 aromatic heterocycles. The molecule has 1 saturated heterocycles. The summed E-state index contributed by atoms with van der Waals surface area (Å²) in [6.07, 6.45) is 5.35. The van der Waals surface area contributed by atoms with Gasteiger partial charge in [0.25, 0.3) is 0 Å². The van der Waals surface area contributed by atoms with Gasteiger partial charge in [0.1, 0.15) is 0 Å². The van der Waals surface area contributed by atoms with Crippen molar-refractivity contribution in [1.29, 1.82) is 0 Å². The SMILES string of the molecule is O=C(NCCCN1CCNCC1)C1(Sc2ccccc2)CCCC1. The highest BCUT2D eigenvalue weighted by Crippen LogP contribution is 2.45. The van der Waals surface area contributed by atoms with Crippen LogP contribution in [0.4, 0.5) is 0 Å². The van der Waals surface area contributed by atoms with Crippen molar-refractivity contribution in [1.82, 2.24) is 15.5 Å². The summed E-state index contributed by atoms with van der Waals surface area (Å²) in [5, 5.41) is 6.60. The maximum absolute atomic E-state index is 12.9. The number of hydrogen-bond donors (Lipinski definition) is 2. The molecule has 24 heavy (non-hydrogen) atoms. The van der Waals surface area contributed by atoms with Gasteiger partial charge < -0.3 is 15.5 Å². The lowest BCUT2D eigenvalue weighted by Gasteiger charge is -2.29. The first-order valence-electron chi connectivity index (χ1n) is 9.24. The Kier molecular flexibility index (Phi) is 6.58. The predicted molar refractivity (Wildman–Crippen MR) is 100 cm³/mol. The Balaban J connectivity index is 1.47. The number of amides is 1. The molecule has 4 nitrogen and oxygen atoms in total. The second-order valence-electron chi connectivity index (χ2n) is 6.82. The average molecular weight is 348 g/mol. The third kappa shape index (κ3) is 4.74. The number of piperazine rings is 1. The van der Waals surface area contributed by atoms with Crippen LogP contribution in [0.2, 0.25) is 0 Å². The molecule has 0 atom stereocenters. The first-order valence-corrected chi connectivity index (χ1v) is 10.1. The quantitative estimate of drug-likeness (QED) is 0.744. The normalized spacial score (nSPS) is 20.8. The van der Waals surface area contributed by atoms with Crippen LogP contribution in [0.3, 0.4) is 0 Å². The van der Waals surface area contributed by atoms with E-state index in [2.05, 4.69) is 39.8 Å². The monoisotopic (exact) mass is 347 g/mol. The van der Waals surface area contributed by atoms with Crippen molar-refractivity contribution < 1.29 is 4.79 Å². The fourth-order valence-electron chi connectivity index (χ4n) is 3.64. The molecular weight excluding hydrogens is 318 g/mol. The summed E-state index contributed by atoms with van der Waals surface area (Å²) in [5.74, 6) is 0.245. The van der Waals surface area contributed by atoms with Gasteiger partial charge in [0, 0.05) is 37.6 Å². The number of benzene rings is 1. The van der Waals surface area contributed by atoms with Gasteiger partial charge in [-0.3, -0.25) is 4.79 Å². The van der Waals surface area contributed by atoms with E-state index in [1.165, 1.54) is 4.90 Å². The van der Waals surface area contributed by atoms with Crippen molar-refractivity contribution in [3.8, 4) is 0 Å². The number of carbonyl (C=O) groups excluding carboxylic acids is 1. The number of thioether (sulfide) groups is 1. The van der Waals surface area contributed by atoms with E-state index in [0.29, 0.717) is 0 Å². The number of nitrogens with zero attached hydrogens (tertiary/aromatic N) is 1. The number of rotatable bonds is 7. The smallest absolute Gasteiger partial charge is 0.236 e. The molecule has 1 aromatic rings. The highest BCUT2D eigenvalue weighted by Gasteiger charge is 2.41. The molecule has 1 aliphatic carbocycles. The van der Waals surface area contributed by atoms with Crippen LogP contribution in [-0.4, -0.2) is 54.8 Å². The van der Waals surface area contributed by atoms with Gasteiger partial charge in [-0.05, 0) is 37.9 Å². The molecule has 0 spiro atoms. The van der Waals surface area contributed by atoms with Crippen LogP contribution >= 0.6 is 11.8 Å². The van der Waals surface area contributed by atoms with E-state index in [4.69, 9.17) is 0 Å². The molecule has 1 saturated carbocycles. The third-order valence-corrected chi connectivity index (χ3v) is 6.52. The van der Waals surface area contributed by atoms with Crippen LogP contribution in [0.25, 0.3) is 0 Å². The topological polar surface area (TPSA) is 44.4 Å². The van der Waals surface area contributed by atoms with Crippen LogP contribution in [0, 0.1) is 0 Å². The van der Waals surface area contributed by atoms with E-state index in [1.807, 2.05) is 6.07 Å². The minimum atomic E-state index is -0.254. The maximum atomic E-state index is 12.9. The van der Waals surface area contributed by atoms with E-state index >= 15 is 0 Å². The molecule has 0 radical (unpaired) electrons. The largest absolute Gasteiger partial charge is 0.355 e. The van der Waals surface area contributed by atoms with Gasteiger partial charge in [0.05, 0.1) is 4.75 Å².